The van der Waals surface area contributed by atoms with E-state index in [0.29, 0.717) is 6.04 Å². The van der Waals surface area contributed by atoms with E-state index in [1.165, 1.54) is 59.8 Å². The van der Waals surface area contributed by atoms with Gasteiger partial charge in [0.05, 0.1) is 6.04 Å². The summed E-state index contributed by atoms with van der Waals surface area (Å²) in [6.07, 6.45) is 3.41. The number of fused-ring (bicyclic) bond motifs is 10. The van der Waals surface area contributed by atoms with Crippen molar-refractivity contribution >= 4 is 49.9 Å². The maximum absolute atomic E-state index is 3.81. The van der Waals surface area contributed by atoms with Crippen molar-refractivity contribution in [3.8, 4) is 0 Å². The summed E-state index contributed by atoms with van der Waals surface area (Å²) in [6.45, 7) is 0. The third-order valence-corrected chi connectivity index (χ3v) is 6.84. The molecule has 0 bridgehead atoms. The number of anilines is 1. The minimum Gasteiger partial charge on any atom is -0.377 e. The molecule has 0 saturated carbocycles. The molecule has 5 aromatic rings. The van der Waals surface area contributed by atoms with E-state index in [-0.39, 0.29) is 0 Å². The zero-order valence-electron chi connectivity index (χ0n) is 16.2. The number of hydrogen-bond acceptors (Lipinski definition) is 1. The van der Waals surface area contributed by atoms with E-state index in [9.17, 15) is 0 Å². The molecule has 7 rings (SSSR count). The normalized spacial score (nSPS) is 17.1. The molecule has 0 saturated heterocycles. The van der Waals surface area contributed by atoms with Crippen LogP contribution in [0.3, 0.4) is 0 Å². The minimum absolute atomic E-state index is 0.357. The van der Waals surface area contributed by atoms with Gasteiger partial charge in [-0.15, -0.1) is 0 Å². The molecule has 29 heavy (non-hydrogen) atoms. The fourth-order valence-corrected chi connectivity index (χ4v) is 5.55. The Bertz CT molecular complexity index is 1620. The molecule has 4 aromatic carbocycles. The molecular formula is C27H20N2. The molecule has 2 heterocycles. The highest BCUT2D eigenvalue weighted by Gasteiger charge is 2.31. The third-order valence-electron chi connectivity index (χ3n) is 6.84. The Morgan fingerprint density at radius 3 is 2.59 bits per heavy atom. The minimum atomic E-state index is 0.357. The molecule has 2 aliphatic rings. The third kappa shape index (κ3) is 1.86. The van der Waals surface area contributed by atoms with Crippen molar-refractivity contribution in [2.75, 3.05) is 5.32 Å². The summed E-state index contributed by atoms with van der Waals surface area (Å²) in [6, 6.07) is 27.0. The lowest BCUT2D eigenvalue weighted by Gasteiger charge is -2.16. The van der Waals surface area contributed by atoms with Gasteiger partial charge in [-0.05, 0) is 51.4 Å². The molecule has 1 N–H and O–H groups in total. The van der Waals surface area contributed by atoms with Gasteiger partial charge in [0.25, 0.3) is 0 Å². The largest absolute Gasteiger partial charge is 0.377 e. The van der Waals surface area contributed by atoms with Gasteiger partial charge in [-0.2, -0.15) is 0 Å². The summed E-state index contributed by atoms with van der Waals surface area (Å²) in [5.74, 6) is 0. The van der Waals surface area contributed by atoms with Crippen molar-refractivity contribution in [1.82, 2.24) is 4.57 Å². The first-order chi connectivity index (χ1) is 14.3. The molecule has 138 valence electrons. The number of nitrogens with one attached hydrogen (secondary N) is 1. The van der Waals surface area contributed by atoms with Crippen molar-refractivity contribution in [1.29, 1.82) is 0 Å². The average Bonchev–Trinajstić information content (AvgIpc) is 3.29. The molecular weight excluding hydrogens is 352 g/mol. The van der Waals surface area contributed by atoms with Crippen molar-refractivity contribution < 1.29 is 0 Å². The summed E-state index contributed by atoms with van der Waals surface area (Å²) in [5, 5.41) is 11.9. The van der Waals surface area contributed by atoms with Gasteiger partial charge in [0.1, 0.15) is 0 Å². The second kappa shape index (κ2) is 5.30. The van der Waals surface area contributed by atoms with Gasteiger partial charge in [-0.1, -0.05) is 60.7 Å². The first-order valence-corrected chi connectivity index (χ1v) is 10.3. The molecule has 1 aliphatic heterocycles. The summed E-state index contributed by atoms with van der Waals surface area (Å²) < 4.78 is 2.35. The van der Waals surface area contributed by atoms with Gasteiger partial charge >= 0.3 is 0 Å². The second-order valence-electron chi connectivity index (χ2n) is 8.26. The Hall–Kier alpha value is -3.52. The summed E-state index contributed by atoms with van der Waals surface area (Å²) in [5.41, 5.74) is 6.73. The Kier molecular flexibility index (Phi) is 2.81. The van der Waals surface area contributed by atoms with Gasteiger partial charge in [-0.25, -0.2) is 0 Å². The number of aryl methyl sites for hydroxylation is 1. The molecule has 0 amide bonds. The number of rotatable bonds is 0. The Morgan fingerprint density at radius 2 is 1.62 bits per heavy atom. The van der Waals surface area contributed by atoms with Crippen LogP contribution in [0, 0.1) is 0 Å². The predicted molar refractivity (Wildman–Crippen MR) is 123 cm³/mol. The van der Waals surface area contributed by atoms with Crippen LogP contribution in [-0.4, -0.2) is 10.6 Å². The van der Waals surface area contributed by atoms with Gasteiger partial charge in [0.2, 0.25) is 0 Å². The van der Waals surface area contributed by atoms with E-state index < -0.39 is 0 Å². The predicted octanol–water partition coefficient (Wildman–Crippen LogP) is 4.66. The fraction of sp³-hybridized carbons (Fsp3) is 0.111. The molecule has 0 fully saturated rings. The van der Waals surface area contributed by atoms with E-state index >= 15 is 0 Å². The lowest BCUT2D eigenvalue weighted by molar-refractivity contribution is 0.949. The Labute approximate surface area is 168 Å². The molecule has 1 unspecified atom stereocenters. The number of aromatic nitrogens is 1. The van der Waals surface area contributed by atoms with Crippen molar-refractivity contribution in [3.63, 3.8) is 0 Å². The van der Waals surface area contributed by atoms with Gasteiger partial charge in [-0.3, -0.25) is 0 Å². The van der Waals surface area contributed by atoms with Crippen LogP contribution >= 0.6 is 0 Å². The number of nitrogens with zero attached hydrogens (tertiary/aromatic N) is 1. The van der Waals surface area contributed by atoms with E-state index in [0.717, 1.165) is 6.42 Å². The quantitative estimate of drug-likeness (QED) is 0.418. The first-order valence-electron chi connectivity index (χ1n) is 10.3. The van der Waals surface area contributed by atoms with Gasteiger partial charge < -0.3 is 9.88 Å². The van der Waals surface area contributed by atoms with Crippen LogP contribution in [0.4, 0.5) is 5.69 Å². The topological polar surface area (TPSA) is 17.0 Å². The van der Waals surface area contributed by atoms with Gasteiger partial charge in [0, 0.05) is 40.1 Å². The van der Waals surface area contributed by atoms with E-state index in [4.69, 9.17) is 0 Å². The van der Waals surface area contributed by atoms with Crippen molar-refractivity contribution in [3.05, 3.63) is 88.8 Å². The molecule has 2 nitrogen and oxygen atoms in total. The van der Waals surface area contributed by atoms with Crippen LogP contribution in [0.5, 0.6) is 0 Å². The lowest BCUT2D eigenvalue weighted by atomic mass is 9.89. The monoisotopic (exact) mass is 372 g/mol. The van der Waals surface area contributed by atoms with Gasteiger partial charge in [0.15, 0.2) is 0 Å². The second-order valence-corrected chi connectivity index (χ2v) is 8.26. The van der Waals surface area contributed by atoms with Crippen LogP contribution < -0.4 is 15.8 Å². The average molecular weight is 372 g/mol. The first kappa shape index (κ1) is 15.4. The number of hydrogen-bond donors (Lipinski definition) is 1. The molecule has 1 aromatic heterocycles. The van der Waals surface area contributed by atoms with Crippen LogP contribution in [-0.2, 0) is 7.05 Å². The lowest BCUT2D eigenvalue weighted by Crippen LogP contribution is -2.35. The van der Waals surface area contributed by atoms with Crippen molar-refractivity contribution in [2.45, 2.75) is 12.5 Å². The fourth-order valence-electron chi connectivity index (χ4n) is 5.55. The van der Waals surface area contributed by atoms with Crippen LogP contribution in [0.15, 0.2) is 72.8 Å². The zero-order chi connectivity index (χ0) is 19.1. The highest BCUT2D eigenvalue weighted by atomic mass is 15.0. The summed E-state index contributed by atoms with van der Waals surface area (Å²) >= 11 is 0. The summed E-state index contributed by atoms with van der Waals surface area (Å²) in [7, 11) is 2.19. The van der Waals surface area contributed by atoms with Crippen LogP contribution in [0.2, 0.25) is 0 Å². The molecule has 2 heteroatoms. The van der Waals surface area contributed by atoms with E-state index in [1.54, 1.807) is 0 Å². The van der Waals surface area contributed by atoms with Crippen LogP contribution in [0.1, 0.15) is 12.0 Å². The van der Waals surface area contributed by atoms with Crippen LogP contribution in [0.25, 0.3) is 44.2 Å². The SMILES string of the molecule is Cn1c2ccc3c(c2c2c4ccccc4ccc21)C1=c2ccccc2=CCC1N3. The van der Waals surface area contributed by atoms with E-state index in [2.05, 4.69) is 95.8 Å². The number of benzene rings is 4. The summed E-state index contributed by atoms with van der Waals surface area (Å²) in [4.78, 5) is 0. The maximum Gasteiger partial charge on any atom is 0.0561 e. The smallest absolute Gasteiger partial charge is 0.0561 e. The van der Waals surface area contributed by atoms with Crippen molar-refractivity contribution in [2.24, 2.45) is 7.05 Å². The Balaban J connectivity index is 1.78. The molecule has 1 atom stereocenters. The molecule has 0 radical (unpaired) electrons. The van der Waals surface area contributed by atoms with E-state index in [1.807, 2.05) is 0 Å². The maximum atomic E-state index is 3.81. The Morgan fingerprint density at radius 1 is 0.828 bits per heavy atom. The molecule has 1 aliphatic carbocycles. The zero-order valence-corrected chi connectivity index (χ0v) is 16.2. The highest BCUT2D eigenvalue weighted by molar-refractivity contribution is 6.25. The highest BCUT2D eigenvalue weighted by Crippen LogP contribution is 2.45. The molecule has 0 spiro atoms. The standard InChI is InChI=1S/C27H20N2/c1-29-22-14-11-17-7-3-5-9-19(17)25(22)27-23(29)15-13-21-26(27)24-18-8-4-2-6-16(18)10-12-20(24)28-21/h2-11,13-15,20,28H,12H2,1H3.